The van der Waals surface area contributed by atoms with E-state index < -0.39 is 10.0 Å². The van der Waals surface area contributed by atoms with E-state index in [-0.39, 0.29) is 16.0 Å². The maximum absolute atomic E-state index is 12.3. The van der Waals surface area contributed by atoms with Gasteiger partial charge in [0.1, 0.15) is 4.90 Å². The van der Waals surface area contributed by atoms with Crippen molar-refractivity contribution in [3.05, 3.63) is 27.7 Å². The second-order valence-corrected chi connectivity index (χ2v) is 7.48. The number of hydrogen-bond acceptors (Lipinski definition) is 2. The van der Waals surface area contributed by atoms with Crippen LogP contribution >= 0.6 is 23.2 Å². The van der Waals surface area contributed by atoms with Gasteiger partial charge in [-0.15, -0.1) is 0 Å². The Kier molecular flexibility index (Phi) is 4.77. The Morgan fingerprint density at radius 1 is 1.11 bits per heavy atom. The van der Waals surface area contributed by atoms with Crippen molar-refractivity contribution in [1.29, 1.82) is 0 Å². The smallest absolute Gasteiger partial charge is 0.208 e. The Bertz CT molecular complexity index is 566. The van der Waals surface area contributed by atoms with E-state index in [2.05, 4.69) is 4.72 Å². The van der Waals surface area contributed by atoms with Crippen LogP contribution in [0.1, 0.15) is 37.7 Å². The third kappa shape index (κ3) is 3.63. The van der Waals surface area contributed by atoms with Crippen molar-refractivity contribution in [1.82, 2.24) is 4.72 Å². The standard InChI is InChI=1S/C13H17Cl2NO2S/c1-9-7-13(12(15)8-11(9)14)19(17,18)16-10-5-3-2-4-6-10/h7-8,10,16H,2-6H2,1H3. The zero-order valence-electron chi connectivity index (χ0n) is 10.7. The molecule has 6 heteroatoms. The first kappa shape index (κ1) is 15.1. The van der Waals surface area contributed by atoms with E-state index in [9.17, 15) is 8.42 Å². The topological polar surface area (TPSA) is 46.2 Å². The molecule has 1 aromatic carbocycles. The second-order valence-electron chi connectivity index (χ2n) is 4.99. The molecule has 1 aromatic rings. The van der Waals surface area contributed by atoms with Gasteiger partial charge in [-0.2, -0.15) is 0 Å². The summed E-state index contributed by atoms with van der Waals surface area (Å²) in [5.41, 5.74) is 0.704. The lowest BCUT2D eigenvalue weighted by Crippen LogP contribution is -2.36. The molecule has 0 amide bonds. The molecule has 0 saturated heterocycles. The molecule has 0 atom stereocenters. The molecule has 3 nitrogen and oxygen atoms in total. The van der Waals surface area contributed by atoms with E-state index in [1.165, 1.54) is 18.6 Å². The molecule has 1 aliphatic rings. The van der Waals surface area contributed by atoms with Gasteiger partial charge in [-0.05, 0) is 37.5 Å². The molecule has 0 unspecified atom stereocenters. The van der Waals surface area contributed by atoms with Gasteiger partial charge in [0.25, 0.3) is 0 Å². The molecule has 0 aliphatic heterocycles. The fourth-order valence-electron chi connectivity index (χ4n) is 2.34. The first-order valence-electron chi connectivity index (χ1n) is 6.38. The van der Waals surface area contributed by atoms with Gasteiger partial charge in [0, 0.05) is 11.1 Å². The number of hydrogen-bond donors (Lipinski definition) is 1. The van der Waals surface area contributed by atoms with Crippen LogP contribution < -0.4 is 4.72 Å². The Morgan fingerprint density at radius 2 is 1.74 bits per heavy atom. The van der Waals surface area contributed by atoms with Gasteiger partial charge >= 0.3 is 0 Å². The molecule has 0 aromatic heterocycles. The fraction of sp³-hybridized carbons (Fsp3) is 0.538. The van der Waals surface area contributed by atoms with Crippen LogP contribution in [-0.4, -0.2) is 14.5 Å². The van der Waals surface area contributed by atoms with Gasteiger partial charge < -0.3 is 0 Å². The van der Waals surface area contributed by atoms with E-state index in [0.29, 0.717) is 10.6 Å². The first-order chi connectivity index (χ1) is 8.90. The van der Waals surface area contributed by atoms with E-state index in [0.717, 1.165) is 25.7 Å². The van der Waals surface area contributed by atoms with Crippen LogP contribution in [-0.2, 0) is 10.0 Å². The zero-order chi connectivity index (χ0) is 14.0. The summed E-state index contributed by atoms with van der Waals surface area (Å²) >= 11 is 11.9. The third-order valence-electron chi connectivity index (χ3n) is 3.43. The van der Waals surface area contributed by atoms with Crippen molar-refractivity contribution in [2.75, 3.05) is 0 Å². The van der Waals surface area contributed by atoms with Crippen molar-refractivity contribution in [3.63, 3.8) is 0 Å². The lowest BCUT2D eigenvalue weighted by Gasteiger charge is -2.23. The maximum atomic E-state index is 12.3. The van der Waals surface area contributed by atoms with Crippen LogP contribution in [0.2, 0.25) is 10.0 Å². The normalized spacial score (nSPS) is 17.6. The van der Waals surface area contributed by atoms with Crippen LogP contribution in [0.15, 0.2) is 17.0 Å². The summed E-state index contributed by atoms with van der Waals surface area (Å²) in [6.07, 6.45) is 5.10. The molecule has 1 N–H and O–H groups in total. The van der Waals surface area contributed by atoms with Crippen LogP contribution in [0.5, 0.6) is 0 Å². The van der Waals surface area contributed by atoms with Gasteiger partial charge in [-0.25, -0.2) is 13.1 Å². The molecule has 2 rings (SSSR count). The molecular formula is C13H17Cl2NO2S. The number of rotatable bonds is 3. The van der Waals surface area contributed by atoms with Crippen molar-refractivity contribution in [2.24, 2.45) is 0 Å². The molecule has 0 spiro atoms. The predicted molar refractivity (Wildman–Crippen MR) is 78.4 cm³/mol. The van der Waals surface area contributed by atoms with Crippen molar-refractivity contribution < 1.29 is 8.42 Å². The van der Waals surface area contributed by atoms with Gasteiger partial charge in [0.05, 0.1) is 5.02 Å². The minimum atomic E-state index is -3.57. The Balaban J connectivity index is 2.26. The maximum Gasteiger partial charge on any atom is 0.242 e. The van der Waals surface area contributed by atoms with E-state index >= 15 is 0 Å². The average Bonchev–Trinajstić information content (AvgIpc) is 2.34. The number of aryl methyl sites for hydroxylation is 1. The summed E-state index contributed by atoms with van der Waals surface area (Å²) in [7, 11) is -3.57. The van der Waals surface area contributed by atoms with Crippen molar-refractivity contribution in [2.45, 2.75) is 50.0 Å². The lowest BCUT2D eigenvalue weighted by atomic mass is 9.96. The van der Waals surface area contributed by atoms with Crippen molar-refractivity contribution >= 4 is 33.2 Å². The highest BCUT2D eigenvalue weighted by molar-refractivity contribution is 7.89. The van der Waals surface area contributed by atoms with Gasteiger partial charge in [-0.1, -0.05) is 42.5 Å². The largest absolute Gasteiger partial charge is 0.242 e. The molecule has 19 heavy (non-hydrogen) atoms. The quantitative estimate of drug-likeness (QED) is 0.917. The van der Waals surface area contributed by atoms with Gasteiger partial charge in [0.2, 0.25) is 10.0 Å². The van der Waals surface area contributed by atoms with Crippen LogP contribution in [0.3, 0.4) is 0 Å². The summed E-state index contributed by atoms with van der Waals surface area (Å²) in [6, 6.07) is 3.02. The summed E-state index contributed by atoms with van der Waals surface area (Å²) in [6.45, 7) is 1.76. The van der Waals surface area contributed by atoms with Gasteiger partial charge in [-0.3, -0.25) is 0 Å². The molecule has 0 radical (unpaired) electrons. The number of nitrogens with one attached hydrogen (secondary N) is 1. The summed E-state index contributed by atoms with van der Waals surface area (Å²) < 4.78 is 27.4. The lowest BCUT2D eigenvalue weighted by molar-refractivity contribution is 0.412. The Morgan fingerprint density at radius 3 is 2.37 bits per heavy atom. The van der Waals surface area contributed by atoms with Crippen LogP contribution in [0, 0.1) is 6.92 Å². The Labute approximate surface area is 124 Å². The van der Waals surface area contributed by atoms with Gasteiger partial charge in [0.15, 0.2) is 0 Å². The highest BCUT2D eigenvalue weighted by Crippen LogP contribution is 2.29. The minimum Gasteiger partial charge on any atom is -0.208 e. The van der Waals surface area contributed by atoms with Crippen LogP contribution in [0.4, 0.5) is 0 Å². The number of benzene rings is 1. The molecule has 0 bridgehead atoms. The SMILES string of the molecule is Cc1cc(S(=O)(=O)NC2CCCCC2)c(Cl)cc1Cl. The highest BCUT2D eigenvalue weighted by atomic mass is 35.5. The highest BCUT2D eigenvalue weighted by Gasteiger charge is 2.24. The third-order valence-corrected chi connectivity index (χ3v) is 5.82. The number of sulfonamides is 1. The Hall–Kier alpha value is -0.290. The average molecular weight is 322 g/mol. The molecular weight excluding hydrogens is 305 g/mol. The first-order valence-corrected chi connectivity index (χ1v) is 8.62. The summed E-state index contributed by atoms with van der Waals surface area (Å²) in [4.78, 5) is 0.113. The molecule has 1 saturated carbocycles. The van der Waals surface area contributed by atoms with E-state index in [4.69, 9.17) is 23.2 Å². The van der Waals surface area contributed by atoms with Crippen molar-refractivity contribution in [3.8, 4) is 0 Å². The molecule has 0 heterocycles. The molecule has 106 valence electrons. The monoisotopic (exact) mass is 321 g/mol. The predicted octanol–water partition coefficient (Wildman–Crippen LogP) is 3.91. The number of halogens is 2. The molecule has 1 aliphatic carbocycles. The van der Waals surface area contributed by atoms with E-state index in [1.54, 1.807) is 6.92 Å². The van der Waals surface area contributed by atoms with E-state index in [1.807, 2.05) is 0 Å². The summed E-state index contributed by atoms with van der Waals surface area (Å²) in [5.74, 6) is 0. The second kappa shape index (κ2) is 6.00. The fourth-order valence-corrected chi connectivity index (χ4v) is 4.48. The molecule has 1 fully saturated rings. The van der Waals surface area contributed by atoms with Crippen LogP contribution in [0.25, 0.3) is 0 Å². The zero-order valence-corrected chi connectivity index (χ0v) is 13.1. The minimum absolute atomic E-state index is 0.0193. The summed E-state index contributed by atoms with van der Waals surface area (Å²) in [5, 5.41) is 0.639.